The predicted octanol–water partition coefficient (Wildman–Crippen LogP) is 1.83. The third-order valence-electron chi connectivity index (χ3n) is 3.71. The molecule has 1 aromatic rings. The molecule has 19 heavy (non-hydrogen) atoms. The molecule has 0 saturated heterocycles. The van der Waals surface area contributed by atoms with Crippen LogP contribution >= 0.6 is 0 Å². The quantitative estimate of drug-likeness (QED) is 0.869. The number of benzene rings is 1. The Kier molecular flexibility index (Phi) is 3.88. The van der Waals surface area contributed by atoms with E-state index in [9.17, 15) is 9.59 Å². The van der Waals surface area contributed by atoms with Gasteiger partial charge < -0.3 is 10.4 Å². The molecule has 0 bridgehead atoms. The summed E-state index contributed by atoms with van der Waals surface area (Å²) < 4.78 is 0. The van der Waals surface area contributed by atoms with Crippen molar-refractivity contribution in [3.05, 3.63) is 34.9 Å². The normalized spacial score (nSPS) is 21.6. The Hall–Kier alpha value is -1.84. The topological polar surface area (TPSA) is 66.4 Å². The van der Waals surface area contributed by atoms with E-state index in [4.69, 9.17) is 5.11 Å². The lowest BCUT2D eigenvalue weighted by Crippen LogP contribution is -2.47. The smallest absolute Gasteiger partial charge is 0.306 e. The van der Waals surface area contributed by atoms with Crippen LogP contribution in [0.15, 0.2) is 18.2 Å². The first kappa shape index (κ1) is 13.6. The lowest BCUT2D eigenvalue weighted by Gasteiger charge is -2.32. The number of carbonyl (C=O) groups is 2. The van der Waals surface area contributed by atoms with Gasteiger partial charge in [0.1, 0.15) is 0 Å². The maximum atomic E-state index is 11.9. The van der Waals surface area contributed by atoms with E-state index in [1.807, 2.05) is 32.0 Å². The average Bonchev–Trinajstić information content (AvgIpc) is 2.27. The second kappa shape index (κ2) is 5.43. The van der Waals surface area contributed by atoms with E-state index in [-0.39, 0.29) is 17.9 Å². The average molecular weight is 261 g/mol. The molecule has 0 spiro atoms. The van der Waals surface area contributed by atoms with Gasteiger partial charge in [-0.1, -0.05) is 23.8 Å². The standard InChI is InChI=1S/C15H19NO3/c1-9-3-4-10(2)11(5-9)8-14(17)16-13-6-12(7-13)15(18)19/h3-5,12-13H,6-8H2,1-2H3,(H,16,17)(H,18,19). The van der Waals surface area contributed by atoms with E-state index in [0.717, 1.165) is 16.7 Å². The summed E-state index contributed by atoms with van der Waals surface area (Å²) in [5.41, 5.74) is 3.28. The molecule has 0 atom stereocenters. The molecule has 1 aliphatic carbocycles. The first-order valence-electron chi connectivity index (χ1n) is 6.54. The number of aryl methyl sites for hydroxylation is 2. The molecule has 0 aliphatic heterocycles. The van der Waals surface area contributed by atoms with E-state index >= 15 is 0 Å². The van der Waals surface area contributed by atoms with Crippen LogP contribution in [0, 0.1) is 19.8 Å². The van der Waals surface area contributed by atoms with Crippen LogP contribution in [-0.2, 0) is 16.0 Å². The predicted molar refractivity (Wildman–Crippen MR) is 71.9 cm³/mol. The Morgan fingerprint density at radius 3 is 2.63 bits per heavy atom. The molecule has 1 fully saturated rings. The summed E-state index contributed by atoms with van der Waals surface area (Å²) >= 11 is 0. The molecule has 4 nitrogen and oxygen atoms in total. The summed E-state index contributed by atoms with van der Waals surface area (Å²) in [5.74, 6) is -1.08. The SMILES string of the molecule is Cc1ccc(C)c(CC(=O)NC2CC(C(=O)O)C2)c1. The van der Waals surface area contributed by atoms with Gasteiger partial charge in [-0.2, -0.15) is 0 Å². The first-order chi connectivity index (χ1) is 8.95. The van der Waals surface area contributed by atoms with Crippen LogP contribution in [0.3, 0.4) is 0 Å². The fraction of sp³-hybridized carbons (Fsp3) is 0.467. The summed E-state index contributed by atoms with van der Waals surface area (Å²) in [6.07, 6.45) is 1.46. The summed E-state index contributed by atoms with van der Waals surface area (Å²) in [5, 5.41) is 11.7. The minimum atomic E-state index is -0.764. The zero-order chi connectivity index (χ0) is 14.0. The molecular weight excluding hydrogens is 242 g/mol. The van der Waals surface area contributed by atoms with Gasteiger partial charge in [-0.15, -0.1) is 0 Å². The van der Waals surface area contributed by atoms with Crippen molar-refractivity contribution in [2.75, 3.05) is 0 Å². The number of amides is 1. The van der Waals surface area contributed by atoms with Crippen LogP contribution in [0.25, 0.3) is 0 Å². The number of hydrogen-bond acceptors (Lipinski definition) is 2. The third-order valence-corrected chi connectivity index (χ3v) is 3.71. The highest BCUT2D eigenvalue weighted by Crippen LogP contribution is 2.27. The van der Waals surface area contributed by atoms with Gasteiger partial charge in [-0.25, -0.2) is 0 Å². The fourth-order valence-electron chi connectivity index (χ4n) is 2.38. The Morgan fingerprint density at radius 1 is 1.32 bits per heavy atom. The lowest BCUT2D eigenvalue weighted by molar-refractivity contribution is -0.146. The molecule has 1 amide bonds. The van der Waals surface area contributed by atoms with Crippen molar-refractivity contribution in [2.45, 2.75) is 39.2 Å². The second-order valence-electron chi connectivity index (χ2n) is 5.38. The molecule has 1 saturated carbocycles. The van der Waals surface area contributed by atoms with Crippen LogP contribution in [-0.4, -0.2) is 23.0 Å². The highest BCUT2D eigenvalue weighted by Gasteiger charge is 2.35. The molecule has 0 unspecified atom stereocenters. The van der Waals surface area contributed by atoms with E-state index < -0.39 is 5.97 Å². The van der Waals surface area contributed by atoms with Crippen LogP contribution < -0.4 is 5.32 Å². The zero-order valence-corrected chi connectivity index (χ0v) is 11.3. The van der Waals surface area contributed by atoms with Gasteiger partial charge in [0.05, 0.1) is 12.3 Å². The van der Waals surface area contributed by atoms with Crippen LogP contribution in [0.4, 0.5) is 0 Å². The summed E-state index contributed by atoms with van der Waals surface area (Å²) in [4.78, 5) is 22.6. The number of rotatable bonds is 4. The third kappa shape index (κ3) is 3.34. The van der Waals surface area contributed by atoms with Gasteiger partial charge in [0.2, 0.25) is 5.91 Å². The van der Waals surface area contributed by atoms with Gasteiger partial charge in [0.25, 0.3) is 0 Å². The highest BCUT2D eigenvalue weighted by molar-refractivity contribution is 5.80. The van der Waals surface area contributed by atoms with E-state index in [1.54, 1.807) is 0 Å². The molecule has 2 rings (SSSR count). The second-order valence-corrected chi connectivity index (χ2v) is 5.38. The number of aliphatic carboxylic acids is 1. The van der Waals surface area contributed by atoms with E-state index in [0.29, 0.717) is 19.3 Å². The highest BCUT2D eigenvalue weighted by atomic mass is 16.4. The molecule has 4 heteroatoms. The van der Waals surface area contributed by atoms with Crippen LogP contribution in [0.1, 0.15) is 29.5 Å². The van der Waals surface area contributed by atoms with Gasteiger partial charge in [0.15, 0.2) is 0 Å². The van der Waals surface area contributed by atoms with Gasteiger partial charge >= 0.3 is 5.97 Å². The first-order valence-corrected chi connectivity index (χ1v) is 6.54. The maximum Gasteiger partial charge on any atom is 0.306 e. The number of carboxylic acid groups (broad SMARTS) is 1. The largest absolute Gasteiger partial charge is 0.481 e. The van der Waals surface area contributed by atoms with Crippen molar-refractivity contribution in [2.24, 2.45) is 5.92 Å². The van der Waals surface area contributed by atoms with Crippen molar-refractivity contribution in [1.29, 1.82) is 0 Å². The minimum Gasteiger partial charge on any atom is -0.481 e. The Balaban J connectivity index is 1.85. The molecule has 1 aliphatic rings. The summed E-state index contributed by atoms with van der Waals surface area (Å²) in [7, 11) is 0. The van der Waals surface area contributed by atoms with Crippen molar-refractivity contribution in [3.8, 4) is 0 Å². The molecule has 0 aromatic heterocycles. The number of nitrogens with one attached hydrogen (secondary N) is 1. The molecular formula is C15H19NO3. The van der Waals surface area contributed by atoms with E-state index in [1.165, 1.54) is 0 Å². The van der Waals surface area contributed by atoms with Gasteiger partial charge in [0, 0.05) is 6.04 Å². The lowest BCUT2D eigenvalue weighted by atomic mass is 9.80. The molecule has 0 heterocycles. The Morgan fingerprint density at radius 2 is 2.00 bits per heavy atom. The Labute approximate surface area is 112 Å². The van der Waals surface area contributed by atoms with Crippen molar-refractivity contribution >= 4 is 11.9 Å². The van der Waals surface area contributed by atoms with Crippen molar-refractivity contribution in [1.82, 2.24) is 5.32 Å². The van der Waals surface area contributed by atoms with Crippen LogP contribution in [0.2, 0.25) is 0 Å². The van der Waals surface area contributed by atoms with Gasteiger partial charge in [-0.05, 0) is 37.8 Å². The minimum absolute atomic E-state index is 0.0254. The Bertz CT molecular complexity index is 504. The van der Waals surface area contributed by atoms with Crippen molar-refractivity contribution in [3.63, 3.8) is 0 Å². The summed E-state index contributed by atoms with van der Waals surface area (Å²) in [6.45, 7) is 4.00. The van der Waals surface area contributed by atoms with Crippen molar-refractivity contribution < 1.29 is 14.7 Å². The number of hydrogen-bond donors (Lipinski definition) is 2. The molecule has 1 aromatic carbocycles. The maximum absolute atomic E-state index is 11.9. The zero-order valence-electron chi connectivity index (χ0n) is 11.3. The fourth-order valence-corrected chi connectivity index (χ4v) is 2.38. The van der Waals surface area contributed by atoms with E-state index in [2.05, 4.69) is 5.32 Å². The van der Waals surface area contributed by atoms with Crippen LogP contribution in [0.5, 0.6) is 0 Å². The molecule has 0 radical (unpaired) electrons. The molecule has 2 N–H and O–H groups in total. The monoisotopic (exact) mass is 261 g/mol. The number of carboxylic acids is 1. The summed E-state index contributed by atoms with van der Waals surface area (Å²) in [6, 6.07) is 6.09. The molecule has 102 valence electrons. The number of carbonyl (C=O) groups excluding carboxylic acids is 1. The van der Waals surface area contributed by atoms with Gasteiger partial charge in [-0.3, -0.25) is 9.59 Å².